The van der Waals surface area contributed by atoms with E-state index in [9.17, 15) is 9.59 Å². The molecule has 2 heterocycles. The lowest BCUT2D eigenvalue weighted by Crippen LogP contribution is -2.53. The largest absolute Gasteiger partial charge is 0.476 e. The van der Waals surface area contributed by atoms with Crippen LogP contribution in [0.4, 0.5) is 5.69 Å². The van der Waals surface area contributed by atoms with E-state index in [1.54, 1.807) is 36.9 Å². The van der Waals surface area contributed by atoms with Crippen molar-refractivity contribution >= 4 is 40.1 Å². The first-order chi connectivity index (χ1) is 14.3. The predicted octanol–water partition coefficient (Wildman–Crippen LogP) is 3.47. The van der Waals surface area contributed by atoms with Gasteiger partial charge in [0.25, 0.3) is 5.91 Å². The normalized spacial score (nSPS) is 15.0. The Bertz CT molecular complexity index is 1080. The molecule has 1 aromatic heterocycles. The number of amides is 2. The van der Waals surface area contributed by atoms with E-state index in [2.05, 4.69) is 15.3 Å². The maximum atomic E-state index is 12.8. The Morgan fingerprint density at radius 1 is 1.27 bits per heavy atom. The molecule has 0 unspecified atom stereocenters. The third kappa shape index (κ3) is 4.11. The number of hydrogen-bond donors (Lipinski definition) is 2. The van der Waals surface area contributed by atoms with Crippen molar-refractivity contribution in [3.63, 3.8) is 0 Å². The van der Waals surface area contributed by atoms with Crippen LogP contribution in [0, 0.1) is 0 Å². The van der Waals surface area contributed by atoms with Gasteiger partial charge in [-0.15, -0.1) is 0 Å². The standard InChI is InChI=1S/C22H23ClN4O3/c1-22(2)21(29)27(17-13-14(23)7-8-18(17)30-22)12-10-20(28)24-11-9-19-25-15-5-3-4-6-16(15)26-19/h3-8,13H,9-12H2,1-2H3,(H,24,28)(H,25,26). The van der Waals surface area contributed by atoms with E-state index in [0.29, 0.717) is 29.4 Å². The summed E-state index contributed by atoms with van der Waals surface area (Å²) < 4.78 is 5.80. The lowest BCUT2D eigenvalue weighted by Gasteiger charge is -2.38. The number of para-hydroxylation sites is 2. The molecule has 1 aliphatic rings. The van der Waals surface area contributed by atoms with Crippen molar-refractivity contribution in [3.8, 4) is 5.75 Å². The molecule has 0 spiro atoms. The monoisotopic (exact) mass is 426 g/mol. The third-order valence-corrected chi connectivity index (χ3v) is 5.26. The summed E-state index contributed by atoms with van der Waals surface area (Å²) in [7, 11) is 0. The van der Waals surface area contributed by atoms with Gasteiger partial charge in [-0.05, 0) is 44.2 Å². The zero-order valence-corrected chi connectivity index (χ0v) is 17.6. The summed E-state index contributed by atoms with van der Waals surface area (Å²) in [5, 5.41) is 3.40. The summed E-state index contributed by atoms with van der Waals surface area (Å²) in [6.07, 6.45) is 0.774. The van der Waals surface area contributed by atoms with E-state index >= 15 is 0 Å². The molecule has 0 radical (unpaired) electrons. The molecule has 0 saturated heterocycles. The first-order valence-corrected chi connectivity index (χ1v) is 10.2. The van der Waals surface area contributed by atoms with Gasteiger partial charge in [0, 0.05) is 31.0 Å². The molecule has 156 valence electrons. The highest BCUT2D eigenvalue weighted by Crippen LogP contribution is 2.39. The number of benzene rings is 2. The maximum absolute atomic E-state index is 12.8. The highest BCUT2D eigenvalue weighted by Gasteiger charge is 2.40. The fourth-order valence-corrected chi connectivity index (χ4v) is 3.68. The number of aromatic nitrogens is 2. The Balaban J connectivity index is 1.35. The molecule has 2 N–H and O–H groups in total. The molecule has 30 heavy (non-hydrogen) atoms. The SMILES string of the molecule is CC1(C)Oc2ccc(Cl)cc2N(CCC(=O)NCCc2nc3ccccc3[nH]2)C1=O. The number of nitrogens with zero attached hydrogens (tertiary/aromatic N) is 2. The molecule has 2 amide bonds. The fourth-order valence-electron chi connectivity index (χ4n) is 3.51. The zero-order valence-electron chi connectivity index (χ0n) is 16.9. The van der Waals surface area contributed by atoms with E-state index in [1.807, 2.05) is 24.3 Å². The Kier molecular flexibility index (Phi) is 5.39. The number of rotatable bonds is 6. The minimum absolute atomic E-state index is 0.133. The molecular weight excluding hydrogens is 404 g/mol. The van der Waals surface area contributed by atoms with Gasteiger partial charge in [-0.3, -0.25) is 9.59 Å². The van der Waals surface area contributed by atoms with Gasteiger partial charge in [-0.25, -0.2) is 4.98 Å². The summed E-state index contributed by atoms with van der Waals surface area (Å²) >= 11 is 6.10. The summed E-state index contributed by atoms with van der Waals surface area (Å²) in [5.74, 6) is 1.07. The maximum Gasteiger partial charge on any atom is 0.270 e. The quantitative estimate of drug-likeness (QED) is 0.631. The second-order valence-corrected chi connectivity index (χ2v) is 8.17. The van der Waals surface area contributed by atoms with Crippen LogP contribution in [0.3, 0.4) is 0 Å². The molecule has 8 heteroatoms. The molecule has 0 atom stereocenters. The molecule has 0 aliphatic carbocycles. The van der Waals surface area contributed by atoms with Gasteiger partial charge in [0.15, 0.2) is 5.60 Å². The second kappa shape index (κ2) is 7.99. The lowest BCUT2D eigenvalue weighted by atomic mass is 10.0. The summed E-state index contributed by atoms with van der Waals surface area (Å²) in [6, 6.07) is 12.9. The molecule has 0 fully saturated rings. The van der Waals surface area contributed by atoms with Crippen molar-refractivity contribution in [1.82, 2.24) is 15.3 Å². The third-order valence-electron chi connectivity index (χ3n) is 5.02. The number of H-pyrrole nitrogens is 1. The number of aromatic amines is 1. The van der Waals surface area contributed by atoms with Crippen LogP contribution in [0.2, 0.25) is 5.02 Å². The molecule has 0 bridgehead atoms. The first-order valence-electron chi connectivity index (χ1n) is 9.84. The second-order valence-electron chi connectivity index (χ2n) is 7.73. The lowest BCUT2D eigenvalue weighted by molar-refractivity contribution is -0.132. The van der Waals surface area contributed by atoms with Crippen LogP contribution in [0.5, 0.6) is 5.75 Å². The highest BCUT2D eigenvalue weighted by molar-refractivity contribution is 6.31. The van der Waals surface area contributed by atoms with Gasteiger partial charge in [0.05, 0.1) is 16.7 Å². The van der Waals surface area contributed by atoms with Crippen LogP contribution in [0.1, 0.15) is 26.1 Å². The Morgan fingerprint density at radius 3 is 2.87 bits per heavy atom. The smallest absolute Gasteiger partial charge is 0.270 e. The number of anilines is 1. The highest BCUT2D eigenvalue weighted by atomic mass is 35.5. The molecule has 4 rings (SSSR count). The van der Waals surface area contributed by atoms with E-state index in [1.165, 1.54) is 0 Å². The van der Waals surface area contributed by atoms with Crippen molar-refractivity contribution in [1.29, 1.82) is 0 Å². The van der Waals surface area contributed by atoms with Crippen LogP contribution in [-0.2, 0) is 16.0 Å². The van der Waals surface area contributed by atoms with E-state index in [4.69, 9.17) is 16.3 Å². The number of fused-ring (bicyclic) bond motifs is 2. The molecule has 2 aromatic carbocycles. The predicted molar refractivity (Wildman–Crippen MR) is 116 cm³/mol. The van der Waals surface area contributed by atoms with Gasteiger partial charge in [0.1, 0.15) is 11.6 Å². The Morgan fingerprint density at radius 2 is 2.07 bits per heavy atom. The topological polar surface area (TPSA) is 87.3 Å². The van der Waals surface area contributed by atoms with Crippen molar-refractivity contribution < 1.29 is 14.3 Å². The van der Waals surface area contributed by atoms with E-state index in [-0.39, 0.29) is 24.8 Å². The van der Waals surface area contributed by atoms with Crippen LogP contribution in [0.25, 0.3) is 11.0 Å². The van der Waals surface area contributed by atoms with Crippen LogP contribution < -0.4 is 15.0 Å². The number of nitrogens with one attached hydrogen (secondary N) is 2. The molecule has 1 aliphatic heterocycles. The number of carbonyl (C=O) groups is 2. The van der Waals surface area contributed by atoms with Gasteiger partial charge in [0.2, 0.25) is 5.91 Å². The minimum atomic E-state index is -1.00. The zero-order chi connectivity index (χ0) is 21.3. The van der Waals surface area contributed by atoms with Gasteiger partial charge in [-0.1, -0.05) is 23.7 Å². The van der Waals surface area contributed by atoms with E-state index in [0.717, 1.165) is 16.9 Å². The molecule has 3 aromatic rings. The van der Waals surface area contributed by atoms with Gasteiger partial charge >= 0.3 is 0 Å². The number of hydrogen-bond acceptors (Lipinski definition) is 4. The van der Waals surface area contributed by atoms with Crippen molar-refractivity contribution in [2.24, 2.45) is 0 Å². The Hall–Kier alpha value is -3.06. The Labute approximate surface area is 179 Å². The van der Waals surface area contributed by atoms with Crippen LogP contribution >= 0.6 is 11.6 Å². The summed E-state index contributed by atoms with van der Waals surface area (Å²) in [6.45, 7) is 4.14. The van der Waals surface area contributed by atoms with E-state index < -0.39 is 5.60 Å². The summed E-state index contributed by atoms with van der Waals surface area (Å²) in [4.78, 5) is 34.5. The number of imidazole rings is 1. The minimum Gasteiger partial charge on any atom is -0.476 e. The first kappa shape index (κ1) is 20.2. The average Bonchev–Trinajstić information content (AvgIpc) is 3.11. The molecular formula is C22H23ClN4O3. The van der Waals surface area contributed by atoms with Crippen LogP contribution in [-0.4, -0.2) is 40.5 Å². The summed E-state index contributed by atoms with van der Waals surface area (Å²) in [5.41, 5.74) is 1.47. The van der Waals surface area contributed by atoms with Crippen molar-refractivity contribution in [2.75, 3.05) is 18.0 Å². The number of halogens is 1. The van der Waals surface area contributed by atoms with Gasteiger partial charge < -0.3 is 19.9 Å². The van der Waals surface area contributed by atoms with Crippen molar-refractivity contribution in [2.45, 2.75) is 32.3 Å². The van der Waals surface area contributed by atoms with Crippen molar-refractivity contribution in [3.05, 3.63) is 53.3 Å². The number of carbonyl (C=O) groups excluding carboxylic acids is 2. The molecule has 0 saturated carbocycles. The van der Waals surface area contributed by atoms with Gasteiger partial charge in [-0.2, -0.15) is 0 Å². The number of ether oxygens (including phenoxy) is 1. The fraction of sp³-hybridized carbons (Fsp3) is 0.318. The van der Waals surface area contributed by atoms with Crippen LogP contribution in [0.15, 0.2) is 42.5 Å². The average molecular weight is 427 g/mol. The molecule has 7 nitrogen and oxygen atoms in total.